The van der Waals surface area contributed by atoms with Crippen LogP contribution in [-0.2, 0) is 4.74 Å². The largest absolute Gasteiger partial charge is 0.377 e. The van der Waals surface area contributed by atoms with Crippen LogP contribution in [-0.4, -0.2) is 43.3 Å². The molecule has 0 aromatic heterocycles. The van der Waals surface area contributed by atoms with Gasteiger partial charge in [0, 0.05) is 25.7 Å². The van der Waals surface area contributed by atoms with Crippen molar-refractivity contribution in [1.29, 1.82) is 0 Å². The van der Waals surface area contributed by atoms with Crippen molar-refractivity contribution < 1.29 is 4.74 Å². The van der Waals surface area contributed by atoms with E-state index in [4.69, 9.17) is 10.5 Å². The van der Waals surface area contributed by atoms with E-state index in [0.29, 0.717) is 6.10 Å². The standard InChI is InChI=1S/C11H24N2O/c1-3-7-14-11-5-4-6-13(9-11)8-10(2)12/h10-11H,3-9,12H2,1-2H3/t10-,11?/m0/s1. The zero-order valence-electron chi connectivity index (χ0n) is 9.54. The molecule has 14 heavy (non-hydrogen) atoms. The predicted molar refractivity (Wildman–Crippen MR) is 59.4 cm³/mol. The third kappa shape index (κ3) is 4.40. The summed E-state index contributed by atoms with van der Waals surface area (Å²) in [5, 5.41) is 0. The highest BCUT2D eigenvalue weighted by Gasteiger charge is 2.20. The number of ether oxygens (including phenoxy) is 1. The third-order valence-electron chi connectivity index (χ3n) is 2.57. The second-order valence-electron chi connectivity index (χ2n) is 4.37. The smallest absolute Gasteiger partial charge is 0.0702 e. The van der Waals surface area contributed by atoms with E-state index in [1.807, 2.05) is 0 Å². The van der Waals surface area contributed by atoms with Crippen molar-refractivity contribution in [1.82, 2.24) is 4.90 Å². The minimum absolute atomic E-state index is 0.278. The Balaban J connectivity index is 2.21. The average Bonchev–Trinajstić information content (AvgIpc) is 2.14. The summed E-state index contributed by atoms with van der Waals surface area (Å²) >= 11 is 0. The summed E-state index contributed by atoms with van der Waals surface area (Å²) in [6.07, 6.45) is 4.03. The molecule has 0 spiro atoms. The Morgan fingerprint density at radius 3 is 3.00 bits per heavy atom. The van der Waals surface area contributed by atoms with Gasteiger partial charge in [-0.05, 0) is 32.7 Å². The minimum Gasteiger partial charge on any atom is -0.377 e. The summed E-state index contributed by atoms with van der Waals surface area (Å²) in [5.74, 6) is 0. The molecule has 0 bridgehead atoms. The molecular weight excluding hydrogens is 176 g/mol. The molecule has 1 unspecified atom stereocenters. The fourth-order valence-electron chi connectivity index (χ4n) is 2.01. The van der Waals surface area contributed by atoms with Crippen molar-refractivity contribution in [2.45, 2.75) is 45.3 Å². The second-order valence-corrected chi connectivity index (χ2v) is 4.37. The number of hydrogen-bond donors (Lipinski definition) is 1. The molecule has 0 saturated carbocycles. The number of likely N-dealkylation sites (tertiary alicyclic amines) is 1. The van der Waals surface area contributed by atoms with Crippen LogP contribution in [0.1, 0.15) is 33.1 Å². The van der Waals surface area contributed by atoms with Crippen molar-refractivity contribution >= 4 is 0 Å². The van der Waals surface area contributed by atoms with Crippen LogP contribution >= 0.6 is 0 Å². The van der Waals surface area contributed by atoms with Gasteiger partial charge in [-0.15, -0.1) is 0 Å². The first kappa shape index (κ1) is 12.0. The first-order chi connectivity index (χ1) is 6.72. The van der Waals surface area contributed by atoms with Crippen molar-refractivity contribution in [3.05, 3.63) is 0 Å². The Morgan fingerprint density at radius 1 is 1.57 bits per heavy atom. The Bertz CT molecular complexity index is 150. The maximum atomic E-state index is 5.79. The van der Waals surface area contributed by atoms with E-state index < -0.39 is 0 Å². The summed E-state index contributed by atoms with van der Waals surface area (Å²) in [4.78, 5) is 2.43. The van der Waals surface area contributed by atoms with Gasteiger partial charge in [-0.3, -0.25) is 4.90 Å². The second kappa shape index (κ2) is 6.38. The van der Waals surface area contributed by atoms with Crippen LogP contribution in [0.3, 0.4) is 0 Å². The Labute approximate surface area is 87.6 Å². The minimum atomic E-state index is 0.278. The van der Waals surface area contributed by atoms with Gasteiger partial charge in [-0.2, -0.15) is 0 Å². The topological polar surface area (TPSA) is 38.5 Å². The van der Waals surface area contributed by atoms with Gasteiger partial charge >= 0.3 is 0 Å². The molecular formula is C11H24N2O. The van der Waals surface area contributed by atoms with Gasteiger partial charge in [-0.25, -0.2) is 0 Å². The highest BCUT2D eigenvalue weighted by molar-refractivity contribution is 4.75. The maximum absolute atomic E-state index is 5.79. The van der Waals surface area contributed by atoms with E-state index in [1.165, 1.54) is 19.4 Å². The molecule has 0 aromatic carbocycles. The predicted octanol–water partition coefficient (Wildman–Crippen LogP) is 1.22. The van der Waals surface area contributed by atoms with E-state index in [1.54, 1.807) is 0 Å². The zero-order valence-corrected chi connectivity index (χ0v) is 9.54. The lowest BCUT2D eigenvalue weighted by molar-refractivity contribution is -0.000932. The molecule has 2 N–H and O–H groups in total. The Morgan fingerprint density at radius 2 is 2.36 bits per heavy atom. The van der Waals surface area contributed by atoms with Crippen molar-refractivity contribution in [3.63, 3.8) is 0 Å². The number of piperidine rings is 1. The van der Waals surface area contributed by atoms with Gasteiger partial charge in [0.25, 0.3) is 0 Å². The SMILES string of the molecule is CCCOC1CCCN(C[C@H](C)N)C1. The first-order valence-corrected chi connectivity index (χ1v) is 5.82. The molecule has 0 amide bonds. The monoisotopic (exact) mass is 200 g/mol. The van der Waals surface area contributed by atoms with Gasteiger partial charge in [0.1, 0.15) is 0 Å². The molecule has 0 aromatic rings. The fraction of sp³-hybridized carbons (Fsp3) is 1.00. The van der Waals surface area contributed by atoms with Crippen LogP contribution in [0.2, 0.25) is 0 Å². The van der Waals surface area contributed by atoms with Gasteiger partial charge in [0.15, 0.2) is 0 Å². The van der Waals surface area contributed by atoms with E-state index >= 15 is 0 Å². The third-order valence-corrected chi connectivity index (χ3v) is 2.57. The number of nitrogens with zero attached hydrogens (tertiary/aromatic N) is 1. The van der Waals surface area contributed by atoms with E-state index in [9.17, 15) is 0 Å². The number of nitrogens with two attached hydrogens (primary N) is 1. The number of hydrogen-bond acceptors (Lipinski definition) is 3. The van der Waals surface area contributed by atoms with Crippen LogP contribution in [0, 0.1) is 0 Å². The Kier molecular flexibility index (Phi) is 5.45. The molecule has 1 rings (SSSR count). The summed E-state index contributed by atoms with van der Waals surface area (Å²) in [6.45, 7) is 8.39. The Hall–Kier alpha value is -0.120. The molecule has 3 heteroatoms. The van der Waals surface area contributed by atoms with E-state index in [0.717, 1.165) is 26.1 Å². The van der Waals surface area contributed by atoms with Crippen molar-refractivity contribution in [2.24, 2.45) is 5.73 Å². The lowest BCUT2D eigenvalue weighted by Crippen LogP contribution is -2.44. The van der Waals surface area contributed by atoms with Crippen LogP contribution < -0.4 is 5.73 Å². The van der Waals surface area contributed by atoms with Gasteiger partial charge < -0.3 is 10.5 Å². The molecule has 0 radical (unpaired) electrons. The lowest BCUT2D eigenvalue weighted by Gasteiger charge is -2.33. The van der Waals surface area contributed by atoms with E-state index in [2.05, 4.69) is 18.7 Å². The normalized spacial score (nSPS) is 26.4. The summed E-state index contributed by atoms with van der Waals surface area (Å²) in [5.41, 5.74) is 5.79. The fourth-order valence-corrected chi connectivity index (χ4v) is 2.01. The van der Waals surface area contributed by atoms with Crippen LogP contribution in [0.15, 0.2) is 0 Å². The maximum Gasteiger partial charge on any atom is 0.0702 e. The highest BCUT2D eigenvalue weighted by Crippen LogP contribution is 2.13. The lowest BCUT2D eigenvalue weighted by atomic mass is 10.1. The molecule has 2 atom stereocenters. The summed E-state index contributed by atoms with van der Waals surface area (Å²) in [6, 6.07) is 0.278. The molecule has 1 aliphatic heterocycles. The van der Waals surface area contributed by atoms with Crippen LogP contribution in [0.25, 0.3) is 0 Å². The molecule has 84 valence electrons. The number of rotatable bonds is 5. The zero-order chi connectivity index (χ0) is 10.4. The molecule has 1 saturated heterocycles. The summed E-state index contributed by atoms with van der Waals surface area (Å²) < 4.78 is 5.76. The van der Waals surface area contributed by atoms with Crippen molar-refractivity contribution in [3.8, 4) is 0 Å². The first-order valence-electron chi connectivity index (χ1n) is 5.82. The molecule has 0 aliphatic carbocycles. The van der Waals surface area contributed by atoms with E-state index in [-0.39, 0.29) is 6.04 Å². The molecule has 1 fully saturated rings. The van der Waals surface area contributed by atoms with Crippen molar-refractivity contribution in [2.75, 3.05) is 26.2 Å². The van der Waals surface area contributed by atoms with Gasteiger partial charge in [0.05, 0.1) is 6.10 Å². The summed E-state index contributed by atoms with van der Waals surface area (Å²) in [7, 11) is 0. The van der Waals surface area contributed by atoms with Gasteiger partial charge in [0.2, 0.25) is 0 Å². The highest BCUT2D eigenvalue weighted by atomic mass is 16.5. The average molecular weight is 200 g/mol. The van der Waals surface area contributed by atoms with Gasteiger partial charge in [-0.1, -0.05) is 6.92 Å². The van der Waals surface area contributed by atoms with Crippen LogP contribution in [0.5, 0.6) is 0 Å². The molecule has 1 aliphatic rings. The molecule has 1 heterocycles. The quantitative estimate of drug-likeness (QED) is 0.725. The van der Waals surface area contributed by atoms with Crippen LogP contribution in [0.4, 0.5) is 0 Å². The molecule has 3 nitrogen and oxygen atoms in total.